The molecule has 1 fully saturated rings. The van der Waals surface area contributed by atoms with Crippen molar-refractivity contribution in [2.45, 2.75) is 19.9 Å². The first-order valence-corrected chi connectivity index (χ1v) is 9.97. The normalized spacial score (nSPS) is 22.2. The van der Waals surface area contributed by atoms with Gasteiger partial charge in [-0.15, -0.1) is 0 Å². The summed E-state index contributed by atoms with van der Waals surface area (Å²) in [5, 5.41) is 0. The number of aryl methyl sites for hydroxylation is 1. The Morgan fingerprint density at radius 3 is 2.81 bits per heavy atom. The molecule has 1 aliphatic heterocycles. The summed E-state index contributed by atoms with van der Waals surface area (Å²) in [5.74, 6) is -0.645. The molecule has 26 heavy (non-hydrogen) atoms. The Kier molecular flexibility index (Phi) is 5.67. The Balaban J connectivity index is 1.90. The molecule has 2 atom stereocenters. The minimum Gasteiger partial charge on any atom is -0.334 e. The molecular weight excluding hydrogens is 512 g/mol. The molecule has 7 heteroatoms. The zero-order chi connectivity index (χ0) is 19.0. The third-order valence-electron chi connectivity index (χ3n) is 4.37. The van der Waals surface area contributed by atoms with Crippen molar-refractivity contribution in [2.24, 2.45) is 13.0 Å². The predicted molar refractivity (Wildman–Crippen MR) is 115 cm³/mol. The second kappa shape index (κ2) is 7.64. The second-order valence-electron chi connectivity index (χ2n) is 6.33. The van der Waals surface area contributed by atoms with Crippen molar-refractivity contribution in [3.05, 3.63) is 56.6 Å². The topological polar surface area (TPSA) is 38.1 Å². The van der Waals surface area contributed by atoms with Crippen LogP contribution < -0.4 is 4.90 Å². The van der Waals surface area contributed by atoms with Gasteiger partial charge in [0.2, 0.25) is 5.91 Å². The molecule has 1 aromatic heterocycles. The molecule has 0 radical (unpaired) electrons. The number of hydrogen-bond donors (Lipinski definition) is 0. The molecule has 0 N–H and O–H groups in total. The van der Waals surface area contributed by atoms with Gasteiger partial charge in [-0.2, -0.15) is 0 Å². The van der Waals surface area contributed by atoms with Crippen molar-refractivity contribution in [2.75, 3.05) is 4.90 Å². The zero-order valence-corrected chi connectivity index (χ0v) is 18.3. The zero-order valence-electron chi connectivity index (χ0n) is 14.6. The Morgan fingerprint density at radius 1 is 1.38 bits per heavy atom. The van der Waals surface area contributed by atoms with Crippen molar-refractivity contribution in [3.63, 3.8) is 0 Å². The summed E-state index contributed by atoms with van der Waals surface area (Å²) in [6, 6.07) is 5.35. The summed E-state index contributed by atoms with van der Waals surface area (Å²) in [6.45, 7) is 3.75. The van der Waals surface area contributed by atoms with Crippen LogP contribution in [0.3, 0.4) is 0 Å². The van der Waals surface area contributed by atoms with Crippen LogP contribution in [-0.2, 0) is 11.8 Å². The third-order valence-corrected chi connectivity index (χ3v) is 5.14. The van der Waals surface area contributed by atoms with E-state index in [2.05, 4.69) is 43.5 Å². The molecule has 0 saturated carbocycles. The first-order chi connectivity index (χ1) is 12.3. The molecule has 1 amide bonds. The number of amides is 1. The van der Waals surface area contributed by atoms with E-state index < -0.39 is 0 Å². The minimum absolute atomic E-state index is 0.0135. The first-order valence-electron chi connectivity index (χ1n) is 8.10. The maximum Gasteiger partial charge on any atom is 0.232 e. The average Bonchev–Trinajstić information content (AvgIpc) is 2.93. The fourth-order valence-corrected chi connectivity index (χ4v) is 4.35. The smallest absolute Gasteiger partial charge is 0.232 e. The molecule has 136 valence electrons. The fourth-order valence-electron chi connectivity index (χ4n) is 3.02. The highest BCUT2D eigenvalue weighted by molar-refractivity contribution is 14.1. The lowest BCUT2D eigenvalue weighted by molar-refractivity contribution is -0.128. The van der Waals surface area contributed by atoms with Gasteiger partial charge in [0.1, 0.15) is 5.83 Å². The van der Waals surface area contributed by atoms with Gasteiger partial charge < -0.3 is 9.47 Å². The van der Waals surface area contributed by atoms with Crippen LogP contribution >= 0.6 is 38.5 Å². The standard InChI is InChI=1S/C19H18BrFIN3O/c1-11(22)6-13(20)7-14(21)8-18-12(2)19(26)25(18)15-4-5-17-16(9-15)23-10-24(17)3/h4-10,12,18H,1-3H3/b11-6+,13-7+,14-8-/t12-,18?/m1/s1. The van der Waals surface area contributed by atoms with Gasteiger partial charge in [-0.05, 0) is 69.5 Å². The maximum atomic E-state index is 14.4. The highest BCUT2D eigenvalue weighted by Crippen LogP contribution is 2.35. The van der Waals surface area contributed by atoms with Gasteiger partial charge in [0.25, 0.3) is 0 Å². The molecule has 4 nitrogen and oxygen atoms in total. The van der Waals surface area contributed by atoms with Crippen molar-refractivity contribution in [1.82, 2.24) is 9.55 Å². The van der Waals surface area contributed by atoms with Crippen LogP contribution in [0.15, 0.2) is 56.6 Å². The Hall–Kier alpha value is -1.48. The fraction of sp³-hybridized carbons (Fsp3) is 0.263. The molecule has 1 aromatic carbocycles. The average molecular weight is 530 g/mol. The molecule has 0 aliphatic carbocycles. The number of carbonyl (C=O) groups excluding carboxylic acids is 1. The van der Waals surface area contributed by atoms with E-state index in [1.165, 1.54) is 12.2 Å². The monoisotopic (exact) mass is 529 g/mol. The Bertz CT molecular complexity index is 959. The van der Waals surface area contributed by atoms with E-state index in [1.807, 2.05) is 49.7 Å². The number of anilines is 1. The molecule has 3 rings (SSSR count). The van der Waals surface area contributed by atoms with E-state index in [0.29, 0.717) is 4.48 Å². The van der Waals surface area contributed by atoms with Gasteiger partial charge in [0, 0.05) is 17.2 Å². The van der Waals surface area contributed by atoms with E-state index >= 15 is 0 Å². The van der Waals surface area contributed by atoms with Crippen LogP contribution in [0.2, 0.25) is 0 Å². The summed E-state index contributed by atoms with van der Waals surface area (Å²) < 4.78 is 18.0. The number of allylic oxidation sites excluding steroid dienone is 5. The highest BCUT2D eigenvalue weighted by atomic mass is 127. The summed E-state index contributed by atoms with van der Waals surface area (Å²) >= 11 is 5.49. The van der Waals surface area contributed by atoms with Gasteiger partial charge in [0.05, 0.1) is 29.3 Å². The lowest BCUT2D eigenvalue weighted by atomic mass is 9.87. The van der Waals surface area contributed by atoms with E-state index in [4.69, 9.17) is 0 Å². The quantitative estimate of drug-likeness (QED) is 0.302. The predicted octanol–water partition coefficient (Wildman–Crippen LogP) is 5.40. The van der Waals surface area contributed by atoms with Crippen LogP contribution in [0.1, 0.15) is 13.8 Å². The van der Waals surface area contributed by atoms with E-state index in [9.17, 15) is 9.18 Å². The van der Waals surface area contributed by atoms with Gasteiger partial charge >= 0.3 is 0 Å². The molecular formula is C19H18BrFIN3O. The van der Waals surface area contributed by atoms with Gasteiger partial charge in [-0.3, -0.25) is 4.79 Å². The molecule has 1 saturated heterocycles. The summed E-state index contributed by atoms with van der Waals surface area (Å²) in [4.78, 5) is 18.3. The van der Waals surface area contributed by atoms with E-state index in [0.717, 1.165) is 20.3 Å². The number of nitrogens with zero attached hydrogens (tertiary/aromatic N) is 3. The number of aromatic nitrogens is 2. The second-order valence-corrected chi connectivity index (χ2v) is 8.95. The number of halogens is 3. The lowest BCUT2D eigenvalue weighted by Gasteiger charge is -2.44. The number of imidazole rings is 1. The number of fused-ring (bicyclic) bond motifs is 1. The first kappa shape index (κ1) is 19.3. The van der Waals surface area contributed by atoms with Crippen LogP contribution in [0.4, 0.5) is 10.1 Å². The van der Waals surface area contributed by atoms with Gasteiger partial charge in [-0.1, -0.05) is 22.9 Å². The molecule has 1 aliphatic rings. The number of β-lactam (4-membered cyclic amide) rings is 1. The largest absolute Gasteiger partial charge is 0.334 e. The Morgan fingerprint density at radius 2 is 2.12 bits per heavy atom. The van der Waals surface area contributed by atoms with Gasteiger partial charge in [-0.25, -0.2) is 9.37 Å². The summed E-state index contributed by atoms with van der Waals surface area (Å²) in [7, 11) is 1.92. The molecule has 2 aromatic rings. The van der Waals surface area contributed by atoms with Gasteiger partial charge in [0.15, 0.2) is 0 Å². The number of benzene rings is 1. The minimum atomic E-state index is -0.376. The molecule has 0 spiro atoms. The maximum absolute atomic E-state index is 14.4. The van der Waals surface area contributed by atoms with Crippen molar-refractivity contribution >= 4 is 61.1 Å². The highest BCUT2D eigenvalue weighted by Gasteiger charge is 2.44. The van der Waals surface area contributed by atoms with Crippen LogP contribution in [0, 0.1) is 5.92 Å². The van der Waals surface area contributed by atoms with Crippen molar-refractivity contribution in [1.29, 1.82) is 0 Å². The SMILES string of the molecule is C\C(I)=C/C(Br)=C\C(F)=C\C1[C@@H](C)C(=O)N1c1ccc2c(c1)ncn2C. The Labute approximate surface area is 173 Å². The van der Waals surface area contributed by atoms with Crippen LogP contribution in [-0.4, -0.2) is 21.5 Å². The number of carbonyl (C=O) groups is 1. The van der Waals surface area contributed by atoms with E-state index in [-0.39, 0.29) is 23.7 Å². The number of hydrogen-bond acceptors (Lipinski definition) is 2. The molecule has 0 bridgehead atoms. The molecule has 2 heterocycles. The van der Waals surface area contributed by atoms with Crippen LogP contribution in [0.25, 0.3) is 11.0 Å². The van der Waals surface area contributed by atoms with Crippen molar-refractivity contribution in [3.8, 4) is 0 Å². The molecule has 1 unspecified atom stereocenters. The van der Waals surface area contributed by atoms with Crippen molar-refractivity contribution < 1.29 is 9.18 Å². The summed E-state index contributed by atoms with van der Waals surface area (Å²) in [5.41, 5.74) is 2.53. The number of rotatable bonds is 4. The summed E-state index contributed by atoms with van der Waals surface area (Å²) in [6.07, 6.45) is 6.47. The third kappa shape index (κ3) is 3.78. The van der Waals surface area contributed by atoms with Crippen LogP contribution in [0.5, 0.6) is 0 Å². The lowest BCUT2D eigenvalue weighted by Crippen LogP contribution is -2.59. The van der Waals surface area contributed by atoms with E-state index in [1.54, 1.807) is 11.2 Å².